The van der Waals surface area contributed by atoms with E-state index < -0.39 is 0 Å². The summed E-state index contributed by atoms with van der Waals surface area (Å²) in [6, 6.07) is 10.4. The zero-order valence-electron chi connectivity index (χ0n) is 10.8. The van der Waals surface area contributed by atoms with Crippen molar-refractivity contribution in [3.05, 3.63) is 47.3 Å². The fourth-order valence-electron chi connectivity index (χ4n) is 1.96. The summed E-state index contributed by atoms with van der Waals surface area (Å²) in [6.45, 7) is 2.52. The molecular weight excluding hydrogens is 240 g/mol. The highest BCUT2D eigenvalue weighted by Gasteiger charge is 2.26. The number of hydrogen-bond acceptors (Lipinski definition) is 3. The summed E-state index contributed by atoms with van der Waals surface area (Å²) in [4.78, 5) is 12.0. The molecule has 1 amide bonds. The van der Waals surface area contributed by atoms with Crippen LogP contribution < -0.4 is 5.32 Å². The van der Waals surface area contributed by atoms with E-state index in [2.05, 4.69) is 15.6 Å². The van der Waals surface area contributed by atoms with Gasteiger partial charge in [0.2, 0.25) is 0 Å². The van der Waals surface area contributed by atoms with Crippen LogP contribution in [0.4, 0.5) is 0 Å². The first-order chi connectivity index (χ1) is 9.24. The predicted molar refractivity (Wildman–Crippen MR) is 70.8 cm³/mol. The highest BCUT2D eigenvalue weighted by Crippen LogP contribution is 2.19. The minimum absolute atomic E-state index is 0.112. The molecule has 1 aromatic carbocycles. The normalized spacial score (nSPS) is 14.4. The first kappa shape index (κ1) is 11.9. The Morgan fingerprint density at radius 1 is 1.37 bits per heavy atom. The number of benzene rings is 1. The Kier molecular flexibility index (Phi) is 3.03. The fraction of sp³-hybridized carbons (Fsp3) is 0.357. The summed E-state index contributed by atoms with van der Waals surface area (Å²) in [5.74, 6) is -0.112. The highest BCUT2D eigenvalue weighted by atomic mass is 16.2. The van der Waals surface area contributed by atoms with Gasteiger partial charge in [0.25, 0.3) is 5.91 Å². The summed E-state index contributed by atoms with van der Waals surface area (Å²) in [6.07, 6.45) is 2.14. The Morgan fingerprint density at radius 3 is 2.79 bits per heavy atom. The third-order valence-electron chi connectivity index (χ3n) is 3.29. The SMILES string of the molecule is Cc1c(C(=O)NC2CC2)nnn1Cc1ccccc1. The van der Waals surface area contributed by atoms with Crippen molar-refractivity contribution in [2.45, 2.75) is 32.4 Å². The van der Waals surface area contributed by atoms with E-state index in [1.165, 1.54) is 0 Å². The topological polar surface area (TPSA) is 59.8 Å². The van der Waals surface area contributed by atoms with Gasteiger partial charge in [0.15, 0.2) is 5.69 Å². The van der Waals surface area contributed by atoms with E-state index in [4.69, 9.17) is 0 Å². The lowest BCUT2D eigenvalue weighted by molar-refractivity contribution is 0.0945. The van der Waals surface area contributed by atoms with Crippen LogP contribution in [0.15, 0.2) is 30.3 Å². The zero-order chi connectivity index (χ0) is 13.2. The maximum absolute atomic E-state index is 12.0. The van der Waals surface area contributed by atoms with Gasteiger partial charge in [-0.25, -0.2) is 4.68 Å². The molecule has 0 atom stereocenters. The molecule has 0 aliphatic heterocycles. The molecule has 0 saturated heterocycles. The van der Waals surface area contributed by atoms with Crippen LogP contribution in [0.5, 0.6) is 0 Å². The van der Waals surface area contributed by atoms with E-state index >= 15 is 0 Å². The first-order valence-electron chi connectivity index (χ1n) is 6.49. The van der Waals surface area contributed by atoms with Crippen LogP contribution in [0.2, 0.25) is 0 Å². The molecule has 1 saturated carbocycles. The van der Waals surface area contributed by atoms with E-state index in [0.29, 0.717) is 18.3 Å². The minimum Gasteiger partial charge on any atom is -0.348 e. The molecule has 0 bridgehead atoms. The molecule has 1 heterocycles. The van der Waals surface area contributed by atoms with Crippen molar-refractivity contribution in [1.82, 2.24) is 20.3 Å². The van der Waals surface area contributed by atoms with Crippen molar-refractivity contribution >= 4 is 5.91 Å². The van der Waals surface area contributed by atoms with Crippen molar-refractivity contribution in [3.63, 3.8) is 0 Å². The quantitative estimate of drug-likeness (QED) is 0.902. The maximum Gasteiger partial charge on any atom is 0.273 e. The lowest BCUT2D eigenvalue weighted by atomic mass is 10.2. The van der Waals surface area contributed by atoms with Crippen LogP contribution in [-0.2, 0) is 6.54 Å². The Hall–Kier alpha value is -2.17. The largest absolute Gasteiger partial charge is 0.348 e. The van der Waals surface area contributed by atoms with Crippen LogP contribution in [0.3, 0.4) is 0 Å². The number of carbonyl (C=O) groups is 1. The number of carbonyl (C=O) groups excluding carboxylic acids is 1. The molecule has 1 N–H and O–H groups in total. The van der Waals surface area contributed by atoms with Gasteiger partial charge in [0.05, 0.1) is 12.2 Å². The molecule has 1 aliphatic rings. The number of rotatable bonds is 4. The lowest BCUT2D eigenvalue weighted by Crippen LogP contribution is -2.26. The Labute approximate surface area is 111 Å². The van der Waals surface area contributed by atoms with Gasteiger partial charge in [-0.15, -0.1) is 5.10 Å². The third kappa shape index (κ3) is 2.65. The third-order valence-corrected chi connectivity index (χ3v) is 3.29. The van der Waals surface area contributed by atoms with Gasteiger partial charge in [0, 0.05) is 6.04 Å². The van der Waals surface area contributed by atoms with E-state index in [1.54, 1.807) is 4.68 Å². The molecule has 1 aliphatic carbocycles. The number of hydrogen-bond donors (Lipinski definition) is 1. The van der Waals surface area contributed by atoms with Gasteiger partial charge in [-0.3, -0.25) is 4.79 Å². The van der Waals surface area contributed by atoms with E-state index in [9.17, 15) is 4.79 Å². The molecule has 5 heteroatoms. The van der Waals surface area contributed by atoms with Crippen molar-refractivity contribution in [2.75, 3.05) is 0 Å². The number of nitrogens with zero attached hydrogens (tertiary/aromatic N) is 3. The monoisotopic (exact) mass is 256 g/mol. The molecule has 2 aromatic rings. The first-order valence-corrected chi connectivity index (χ1v) is 6.49. The molecule has 0 spiro atoms. The minimum atomic E-state index is -0.112. The second kappa shape index (κ2) is 4.84. The second-order valence-electron chi connectivity index (χ2n) is 4.91. The smallest absolute Gasteiger partial charge is 0.273 e. The molecule has 5 nitrogen and oxygen atoms in total. The van der Waals surface area contributed by atoms with Crippen LogP contribution >= 0.6 is 0 Å². The van der Waals surface area contributed by atoms with Crippen LogP contribution in [0.1, 0.15) is 34.6 Å². The van der Waals surface area contributed by atoms with Crippen LogP contribution in [0.25, 0.3) is 0 Å². The van der Waals surface area contributed by atoms with E-state index in [1.807, 2.05) is 37.3 Å². The molecule has 19 heavy (non-hydrogen) atoms. The Morgan fingerprint density at radius 2 is 2.11 bits per heavy atom. The molecular formula is C14H16N4O. The summed E-state index contributed by atoms with van der Waals surface area (Å²) < 4.78 is 1.76. The Balaban J connectivity index is 1.76. The predicted octanol–water partition coefficient (Wildman–Crippen LogP) is 1.53. The van der Waals surface area contributed by atoms with E-state index in [-0.39, 0.29) is 5.91 Å². The molecule has 98 valence electrons. The average Bonchev–Trinajstić information content (AvgIpc) is 3.15. The van der Waals surface area contributed by atoms with Crippen molar-refractivity contribution < 1.29 is 4.79 Å². The summed E-state index contributed by atoms with van der Waals surface area (Å²) in [5.41, 5.74) is 2.38. The number of amides is 1. The summed E-state index contributed by atoms with van der Waals surface area (Å²) in [7, 11) is 0. The Bertz CT molecular complexity index is 587. The highest BCUT2D eigenvalue weighted by molar-refractivity contribution is 5.93. The van der Waals surface area contributed by atoms with Gasteiger partial charge in [-0.2, -0.15) is 0 Å². The van der Waals surface area contributed by atoms with Gasteiger partial charge >= 0.3 is 0 Å². The molecule has 1 fully saturated rings. The van der Waals surface area contributed by atoms with Crippen molar-refractivity contribution in [3.8, 4) is 0 Å². The van der Waals surface area contributed by atoms with Gasteiger partial charge in [-0.05, 0) is 25.3 Å². The maximum atomic E-state index is 12.0. The van der Waals surface area contributed by atoms with Gasteiger partial charge < -0.3 is 5.32 Å². The standard InChI is InChI=1S/C14H16N4O/c1-10-13(14(19)15-12-7-8-12)16-17-18(10)9-11-5-3-2-4-6-11/h2-6,12H,7-9H2,1H3,(H,15,19). The number of nitrogens with one attached hydrogen (secondary N) is 1. The molecule has 0 unspecified atom stereocenters. The molecule has 1 aromatic heterocycles. The van der Waals surface area contributed by atoms with Crippen molar-refractivity contribution in [1.29, 1.82) is 0 Å². The van der Waals surface area contributed by atoms with Crippen molar-refractivity contribution in [2.24, 2.45) is 0 Å². The molecule has 3 rings (SSSR count). The number of aromatic nitrogens is 3. The lowest BCUT2D eigenvalue weighted by Gasteiger charge is -2.04. The summed E-state index contributed by atoms with van der Waals surface area (Å²) >= 11 is 0. The molecule has 0 radical (unpaired) electrons. The van der Waals surface area contributed by atoms with Crippen LogP contribution in [-0.4, -0.2) is 26.9 Å². The van der Waals surface area contributed by atoms with Gasteiger partial charge in [0.1, 0.15) is 0 Å². The zero-order valence-corrected chi connectivity index (χ0v) is 10.8. The second-order valence-corrected chi connectivity index (χ2v) is 4.91. The fourth-order valence-corrected chi connectivity index (χ4v) is 1.96. The van der Waals surface area contributed by atoms with Crippen LogP contribution in [0, 0.1) is 6.92 Å². The average molecular weight is 256 g/mol. The summed E-state index contributed by atoms with van der Waals surface area (Å²) in [5, 5.41) is 11.0. The van der Waals surface area contributed by atoms with Gasteiger partial charge in [-0.1, -0.05) is 35.5 Å². The van der Waals surface area contributed by atoms with E-state index in [0.717, 1.165) is 24.1 Å².